The second kappa shape index (κ2) is 8.35. The molecule has 150 valence electrons. The monoisotopic (exact) mass is 403 g/mol. The number of hydrogen-bond acceptors (Lipinski definition) is 4. The van der Waals surface area contributed by atoms with Crippen LogP contribution in [-0.2, 0) is 9.53 Å². The highest BCUT2D eigenvalue weighted by molar-refractivity contribution is 6.33. The lowest BCUT2D eigenvalue weighted by Crippen LogP contribution is -2.51. The maximum absolute atomic E-state index is 12.9. The molecule has 0 bridgehead atoms. The Morgan fingerprint density at radius 1 is 1.18 bits per heavy atom. The fourth-order valence-electron chi connectivity index (χ4n) is 3.81. The number of aromatic nitrogens is 2. The number of ether oxygens (including phenoxy) is 1. The van der Waals surface area contributed by atoms with Gasteiger partial charge in [0, 0.05) is 12.1 Å². The lowest BCUT2D eigenvalue weighted by atomic mass is 9.97. The molecule has 0 radical (unpaired) electrons. The number of carbonyl (C=O) groups is 2. The molecule has 3 atom stereocenters. The van der Waals surface area contributed by atoms with E-state index < -0.39 is 12.1 Å². The molecule has 7 heteroatoms. The fraction of sp³-hybridized carbons (Fsp3) is 0.476. The smallest absolute Gasteiger partial charge is 0.344 e. The van der Waals surface area contributed by atoms with Crippen molar-refractivity contribution in [3.8, 4) is 5.69 Å². The second-order valence-corrected chi connectivity index (χ2v) is 7.78. The summed E-state index contributed by atoms with van der Waals surface area (Å²) in [6.07, 6.45) is 2.15. The van der Waals surface area contributed by atoms with Crippen LogP contribution in [0.5, 0.6) is 0 Å². The number of rotatable bonds is 4. The molecule has 1 fully saturated rings. The van der Waals surface area contributed by atoms with Crippen LogP contribution < -0.4 is 0 Å². The standard InChI is InChI=1S/C21H26ClN3O3/c1-13-9-8-10-14(2)24(13)20(26)16(4)28-21(27)18-15(3)23-25(19(18)22)17-11-6-5-7-12-17/h5-7,11-14,16H,8-10H2,1-4H3/t13-,14-,16-/m0/s1. The molecule has 1 aromatic heterocycles. The van der Waals surface area contributed by atoms with E-state index in [9.17, 15) is 9.59 Å². The average Bonchev–Trinajstić information content (AvgIpc) is 2.96. The minimum atomic E-state index is -0.883. The molecule has 6 nitrogen and oxygen atoms in total. The Bertz CT molecular complexity index is 855. The number of hydrogen-bond donors (Lipinski definition) is 0. The Morgan fingerprint density at radius 3 is 2.39 bits per heavy atom. The highest BCUT2D eigenvalue weighted by atomic mass is 35.5. The third-order valence-electron chi connectivity index (χ3n) is 5.29. The molecular formula is C21H26ClN3O3. The van der Waals surface area contributed by atoms with Crippen LogP contribution in [0.1, 0.15) is 56.1 Å². The first-order chi connectivity index (χ1) is 13.3. The van der Waals surface area contributed by atoms with Crippen LogP contribution in [0.3, 0.4) is 0 Å². The lowest BCUT2D eigenvalue weighted by molar-refractivity contribution is -0.146. The highest BCUT2D eigenvalue weighted by Gasteiger charge is 2.34. The summed E-state index contributed by atoms with van der Waals surface area (Å²) in [4.78, 5) is 27.5. The maximum atomic E-state index is 12.9. The minimum absolute atomic E-state index is 0.142. The van der Waals surface area contributed by atoms with Gasteiger partial charge in [0.1, 0.15) is 10.7 Å². The largest absolute Gasteiger partial charge is 0.449 e. The molecule has 0 spiro atoms. The summed E-state index contributed by atoms with van der Waals surface area (Å²) >= 11 is 6.42. The van der Waals surface area contributed by atoms with Crippen LogP contribution in [-0.4, -0.2) is 44.7 Å². The van der Waals surface area contributed by atoms with Gasteiger partial charge in [-0.25, -0.2) is 9.48 Å². The van der Waals surface area contributed by atoms with Gasteiger partial charge < -0.3 is 9.64 Å². The fourth-order valence-corrected chi connectivity index (χ4v) is 4.16. The SMILES string of the molecule is Cc1nn(-c2ccccc2)c(Cl)c1C(=O)O[C@@H](C)C(=O)N1[C@@H](C)CCC[C@@H]1C. The van der Waals surface area contributed by atoms with Crippen molar-refractivity contribution >= 4 is 23.5 Å². The third kappa shape index (κ3) is 3.92. The van der Waals surface area contributed by atoms with E-state index >= 15 is 0 Å². The van der Waals surface area contributed by atoms with Gasteiger partial charge in [0.2, 0.25) is 0 Å². The van der Waals surface area contributed by atoms with E-state index in [-0.39, 0.29) is 28.7 Å². The molecule has 0 aliphatic carbocycles. The van der Waals surface area contributed by atoms with Crippen LogP contribution in [0.4, 0.5) is 0 Å². The number of para-hydroxylation sites is 1. The summed E-state index contributed by atoms with van der Waals surface area (Å²) in [7, 11) is 0. The van der Waals surface area contributed by atoms with E-state index in [1.54, 1.807) is 13.8 Å². The van der Waals surface area contributed by atoms with Crippen LogP contribution in [0.15, 0.2) is 30.3 Å². The summed E-state index contributed by atoms with van der Waals surface area (Å²) < 4.78 is 6.99. The van der Waals surface area contributed by atoms with Crippen LogP contribution in [0.25, 0.3) is 5.69 Å². The van der Waals surface area contributed by atoms with E-state index in [4.69, 9.17) is 16.3 Å². The zero-order chi connectivity index (χ0) is 20.4. The Kier molecular flexibility index (Phi) is 6.08. The van der Waals surface area contributed by atoms with Gasteiger partial charge in [-0.15, -0.1) is 0 Å². The lowest BCUT2D eigenvalue weighted by Gasteiger charge is -2.40. The Morgan fingerprint density at radius 2 is 1.79 bits per heavy atom. The Labute approximate surface area is 170 Å². The van der Waals surface area contributed by atoms with Gasteiger partial charge in [-0.1, -0.05) is 29.8 Å². The number of benzene rings is 1. The van der Waals surface area contributed by atoms with E-state index in [1.165, 1.54) is 4.68 Å². The number of halogens is 1. The van der Waals surface area contributed by atoms with Gasteiger partial charge in [0.25, 0.3) is 5.91 Å². The molecule has 1 saturated heterocycles. The quantitative estimate of drug-likeness (QED) is 0.718. The molecule has 3 rings (SSSR count). The molecule has 1 amide bonds. The van der Waals surface area contributed by atoms with E-state index in [0.717, 1.165) is 24.9 Å². The number of aryl methyl sites for hydroxylation is 1. The van der Waals surface area contributed by atoms with Crippen molar-refractivity contribution in [3.05, 3.63) is 46.7 Å². The van der Waals surface area contributed by atoms with Gasteiger partial charge in [-0.2, -0.15) is 5.10 Å². The Balaban J connectivity index is 1.78. The van der Waals surface area contributed by atoms with Crippen molar-refractivity contribution in [2.45, 2.75) is 65.1 Å². The van der Waals surface area contributed by atoms with Crippen molar-refractivity contribution in [1.29, 1.82) is 0 Å². The molecule has 0 saturated carbocycles. The van der Waals surface area contributed by atoms with Crippen molar-refractivity contribution < 1.29 is 14.3 Å². The number of likely N-dealkylation sites (tertiary alicyclic amines) is 1. The first kappa shape index (κ1) is 20.4. The highest BCUT2D eigenvalue weighted by Crippen LogP contribution is 2.26. The number of amides is 1. The summed E-state index contributed by atoms with van der Waals surface area (Å²) in [6, 6.07) is 9.59. The van der Waals surface area contributed by atoms with Crippen LogP contribution in [0.2, 0.25) is 5.15 Å². The van der Waals surface area contributed by atoms with E-state index in [0.29, 0.717) is 5.69 Å². The minimum Gasteiger partial charge on any atom is -0.449 e. The van der Waals surface area contributed by atoms with Gasteiger partial charge >= 0.3 is 5.97 Å². The molecule has 1 aromatic carbocycles. The topological polar surface area (TPSA) is 64.4 Å². The molecular weight excluding hydrogens is 378 g/mol. The molecule has 1 aliphatic rings. The zero-order valence-electron chi connectivity index (χ0n) is 16.7. The summed E-state index contributed by atoms with van der Waals surface area (Å²) in [5, 5.41) is 4.53. The van der Waals surface area contributed by atoms with Gasteiger partial charge in [0.05, 0.1) is 11.4 Å². The van der Waals surface area contributed by atoms with Crippen LogP contribution >= 0.6 is 11.6 Å². The first-order valence-corrected chi connectivity index (χ1v) is 10.0. The number of piperidine rings is 1. The average molecular weight is 404 g/mol. The molecule has 2 aromatic rings. The molecule has 28 heavy (non-hydrogen) atoms. The maximum Gasteiger partial charge on any atom is 0.344 e. The van der Waals surface area contributed by atoms with Crippen molar-refractivity contribution in [2.24, 2.45) is 0 Å². The summed E-state index contributed by atoms with van der Waals surface area (Å²) in [5.41, 5.74) is 1.39. The summed E-state index contributed by atoms with van der Waals surface area (Å²) in [5.74, 6) is -0.805. The van der Waals surface area contributed by atoms with Crippen LogP contribution in [0, 0.1) is 6.92 Å². The van der Waals surface area contributed by atoms with Crippen molar-refractivity contribution in [3.63, 3.8) is 0 Å². The first-order valence-electron chi connectivity index (χ1n) is 9.65. The Hall–Kier alpha value is -2.34. The predicted octanol–water partition coefficient (Wildman–Crippen LogP) is 4.17. The van der Waals surface area contributed by atoms with Gasteiger partial charge in [-0.05, 0) is 59.1 Å². The molecule has 1 aliphatic heterocycles. The van der Waals surface area contributed by atoms with Gasteiger partial charge in [0.15, 0.2) is 6.10 Å². The number of nitrogens with zero attached hydrogens (tertiary/aromatic N) is 3. The molecule has 0 unspecified atom stereocenters. The zero-order valence-corrected chi connectivity index (χ0v) is 17.4. The summed E-state index contributed by atoms with van der Waals surface area (Å²) in [6.45, 7) is 7.38. The normalized spacial score (nSPS) is 20.7. The van der Waals surface area contributed by atoms with Gasteiger partial charge in [-0.3, -0.25) is 4.79 Å². The predicted molar refractivity (Wildman–Crippen MR) is 108 cm³/mol. The second-order valence-electron chi connectivity index (χ2n) is 7.42. The molecule has 0 N–H and O–H groups in total. The van der Waals surface area contributed by atoms with E-state index in [1.807, 2.05) is 49.1 Å². The molecule has 2 heterocycles. The third-order valence-corrected chi connectivity index (χ3v) is 5.64. The van der Waals surface area contributed by atoms with Crippen molar-refractivity contribution in [1.82, 2.24) is 14.7 Å². The van der Waals surface area contributed by atoms with Crippen molar-refractivity contribution in [2.75, 3.05) is 0 Å². The number of carbonyl (C=O) groups excluding carboxylic acids is 2. The van der Waals surface area contributed by atoms with E-state index in [2.05, 4.69) is 5.10 Å². The number of esters is 1.